The van der Waals surface area contributed by atoms with E-state index in [-0.39, 0.29) is 24.7 Å². The molecule has 0 spiro atoms. The first kappa shape index (κ1) is 30.4. The van der Waals surface area contributed by atoms with Crippen LogP contribution in [0.2, 0.25) is 5.02 Å². The van der Waals surface area contributed by atoms with Crippen molar-refractivity contribution in [2.24, 2.45) is 0 Å². The van der Waals surface area contributed by atoms with Crippen LogP contribution in [-0.2, 0) is 32.3 Å². The molecule has 0 saturated carbocycles. The van der Waals surface area contributed by atoms with Gasteiger partial charge in [0.05, 0.1) is 17.5 Å². The molecule has 0 aliphatic rings. The topological polar surface area (TPSA) is 86.8 Å². The van der Waals surface area contributed by atoms with Gasteiger partial charge in [0, 0.05) is 17.6 Å². The van der Waals surface area contributed by atoms with E-state index in [1.807, 2.05) is 13.8 Å². The van der Waals surface area contributed by atoms with Gasteiger partial charge in [0.25, 0.3) is 0 Å². The molecular weight excluding hydrogens is 531 g/mol. The molecule has 2 atom stereocenters. The second-order valence-electron chi connectivity index (χ2n) is 8.71. The lowest BCUT2D eigenvalue weighted by Crippen LogP contribution is -2.53. The molecule has 0 heterocycles. The Morgan fingerprint density at radius 2 is 1.68 bits per heavy atom. The van der Waals surface area contributed by atoms with Crippen LogP contribution < -0.4 is 9.62 Å². The zero-order valence-corrected chi connectivity index (χ0v) is 22.6. The van der Waals surface area contributed by atoms with Gasteiger partial charge in [-0.2, -0.15) is 13.2 Å². The molecule has 0 radical (unpaired) electrons. The number of nitrogens with zero attached hydrogens (tertiary/aromatic N) is 2. The Morgan fingerprint density at radius 1 is 1.05 bits per heavy atom. The van der Waals surface area contributed by atoms with E-state index in [9.17, 15) is 31.2 Å². The number of hydrogen-bond donors (Lipinski definition) is 1. The van der Waals surface area contributed by atoms with Crippen LogP contribution in [0.25, 0.3) is 0 Å². The second kappa shape index (κ2) is 12.6. The van der Waals surface area contributed by atoms with Crippen LogP contribution in [-0.4, -0.2) is 50.0 Å². The van der Waals surface area contributed by atoms with Crippen molar-refractivity contribution in [1.29, 1.82) is 0 Å². The van der Waals surface area contributed by atoms with Crippen molar-refractivity contribution in [3.63, 3.8) is 0 Å². The Morgan fingerprint density at radius 3 is 2.19 bits per heavy atom. The van der Waals surface area contributed by atoms with Crippen molar-refractivity contribution in [1.82, 2.24) is 10.2 Å². The smallest absolute Gasteiger partial charge is 0.352 e. The summed E-state index contributed by atoms with van der Waals surface area (Å²) in [6, 6.07) is 9.20. The molecule has 0 unspecified atom stereocenters. The van der Waals surface area contributed by atoms with Crippen molar-refractivity contribution in [3.05, 3.63) is 64.7 Å². The minimum Gasteiger partial charge on any atom is -0.352 e. The normalized spacial score (nSPS) is 13.5. The van der Waals surface area contributed by atoms with Crippen molar-refractivity contribution >= 4 is 39.1 Å². The van der Waals surface area contributed by atoms with Gasteiger partial charge in [0.15, 0.2) is 0 Å². The van der Waals surface area contributed by atoms with E-state index in [1.165, 1.54) is 11.0 Å². The molecule has 204 valence electrons. The molecule has 0 bridgehead atoms. The lowest BCUT2D eigenvalue weighted by atomic mass is 10.1. The number of anilines is 1. The van der Waals surface area contributed by atoms with Crippen LogP contribution in [0.1, 0.15) is 44.7 Å². The molecule has 0 aliphatic heterocycles. The standard InChI is InChI=1S/C25H31ClF3N3O4S/c1-5-17(3)30-24(34)22(6-2)31(15-18-10-12-20(26)13-11-18)23(33)16-32(37(4,35)36)21-9-7-8-19(14-21)25(27,28)29/h7-14,17,22H,5-6,15-16H2,1-4H3,(H,30,34)/t17-,22+/m0/s1. The number of nitrogens with one attached hydrogen (secondary N) is 1. The van der Waals surface area contributed by atoms with Gasteiger partial charge in [-0.25, -0.2) is 8.42 Å². The van der Waals surface area contributed by atoms with Gasteiger partial charge < -0.3 is 10.2 Å². The van der Waals surface area contributed by atoms with E-state index in [0.717, 1.165) is 18.4 Å². The summed E-state index contributed by atoms with van der Waals surface area (Å²) in [5.41, 5.74) is -0.727. The number of rotatable bonds is 11. The molecule has 2 aromatic rings. The summed E-state index contributed by atoms with van der Waals surface area (Å²) in [6.07, 6.45) is -3.02. The molecule has 1 N–H and O–H groups in total. The zero-order chi connectivity index (χ0) is 28.0. The van der Waals surface area contributed by atoms with Gasteiger partial charge in [0.2, 0.25) is 21.8 Å². The van der Waals surface area contributed by atoms with E-state index in [1.54, 1.807) is 31.2 Å². The monoisotopic (exact) mass is 561 g/mol. The highest BCUT2D eigenvalue weighted by molar-refractivity contribution is 7.92. The maximum absolute atomic E-state index is 13.6. The van der Waals surface area contributed by atoms with Gasteiger partial charge >= 0.3 is 6.18 Å². The lowest BCUT2D eigenvalue weighted by Gasteiger charge is -2.33. The second-order valence-corrected chi connectivity index (χ2v) is 11.1. The number of hydrogen-bond acceptors (Lipinski definition) is 4. The minimum absolute atomic E-state index is 0.0391. The lowest BCUT2D eigenvalue weighted by molar-refractivity contribution is -0.140. The number of benzene rings is 2. The molecule has 0 aromatic heterocycles. The number of amides is 2. The largest absolute Gasteiger partial charge is 0.416 e. The maximum Gasteiger partial charge on any atom is 0.416 e. The Hall–Kier alpha value is -2.79. The first-order valence-corrected chi connectivity index (χ1v) is 13.9. The predicted octanol–water partition coefficient (Wildman–Crippen LogP) is 4.85. The van der Waals surface area contributed by atoms with Crippen molar-refractivity contribution in [2.75, 3.05) is 17.1 Å². The third-order valence-corrected chi connectivity index (χ3v) is 7.19. The summed E-state index contributed by atoms with van der Waals surface area (Å²) in [6.45, 7) is 4.59. The molecule has 7 nitrogen and oxygen atoms in total. The SMILES string of the molecule is CC[C@H](C(=O)N[C@@H](C)CC)N(Cc1ccc(Cl)cc1)C(=O)CN(c1cccc(C(F)(F)F)c1)S(C)(=O)=O. The number of carbonyl (C=O) groups excluding carboxylic acids is 2. The average Bonchev–Trinajstić information content (AvgIpc) is 2.82. The van der Waals surface area contributed by atoms with E-state index in [2.05, 4.69) is 5.32 Å². The number of sulfonamides is 1. The fourth-order valence-corrected chi connectivity index (χ4v) is 4.57. The molecule has 0 fully saturated rings. The van der Waals surface area contributed by atoms with Gasteiger partial charge in [0.1, 0.15) is 12.6 Å². The number of halogens is 4. The summed E-state index contributed by atoms with van der Waals surface area (Å²) in [7, 11) is -4.16. The van der Waals surface area contributed by atoms with Crippen molar-refractivity contribution in [3.8, 4) is 0 Å². The molecule has 2 amide bonds. The Labute approximate surface area is 220 Å². The van der Waals surface area contributed by atoms with Gasteiger partial charge in [-0.05, 0) is 55.7 Å². The maximum atomic E-state index is 13.6. The first-order valence-electron chi connectivity index (χ1n) is 11.7. The fraction of sp³-hybridized carbons (Fsp3) is 0.440. The molecule has 0 aliphatic carbocycles. The summed E-state index contributed by atoms with van der Waals surface area (Å²) in [4.78, 5) is 27.9. The molecule has 2 aromatic carbocycles. The quantitative estimate of drug-likeness (QED) is 0.425. The minimum atomic E-state index is -4.70. The summed E-state index contributed by atoms with van der Waals surface area (Å²) >= 11 is 5.96. The van der Waals surface area contributed by atoms with E-state index < -0.39 is 46.2 Å². The average molecular weight is 562 g/mol. The highest BCUT2D eigenvalue weighted by Gasteiger charge is 2.34. The highest BCUT2D eigenvalue weighted by Crippen LogP contribution is 2.32. The first-order chi connectivity index (χ1) is 17.2. The highest BCUT2D eigenvalue weighted by atomic mass is 35.5. The Bertz CT molecular complexity index is 1190. The molecular formula is C25H31ClF3N3O4S. The number of alkyl halides is 3. The van der Waals surface area contributed by atoms with E-state index in [4.69, 9.17) is 11.6 Å². The molecule has 37 heavy (non-hydrogen) atoms. The van der Waals surface area contributed by atoms with Crippen LogP contribution in [0.3, 0.4) is 0 Å². The molecule has 2 rings (SSSR count). The van der Waals surface area contributed by atoms with Crippen LogP contribution in [0.5, 0.6) is 0 Å². The molecule has 0 saturated heterocycles. The van der Waals surface area contributed by atoms with Gasteiger partial charge in [-0.3, -0.25) is 13.9 Å². The predicted molar refractivity (Wildman–Crippen MR) is 138 cm³/mol. The third kappa shape index (κ3) is 8.63. The number of carbonyl (C=O) groups is 2. The van der Waals surface area contributed by atoms with Crippen LogP contribution in [0.15, 0.2) is 48.5 Å². The van der Waals surface area contributed by atoms with Gasteiger partial charge in [-0.15, -0.1) is 0 Å². The Kier molecular flexibility index (Phi) is 10.4. The van der Waals surface area contributed by atoms with E-state index >= 15 is 0 Å². The van der Waals surface area contributed by atoms with Crippen molar-refractivity contribution < 1.29 is 31.2 Å². The van der Waals surface area contributed by atoms with Crippen molar-refractivity contribution in [2.45, 2.75) is 58.4 Å². The summed E-state index contributed by atoms with van der Waals surface area (Å²) < 4.78 is 65.6. The van der Waals surface area contributed by atoms with Crippen LogP contribution in [0.4, 0.5) is 18.9 Å². The fourth-order valence-electron chi connectivity index (χ4n) is 3.60. The van der Waals surface area contributed by atoms with Gasteiger partial charge in [-0.1, -0.05) is 43.6 Å². The van der Waals surface area contributed by atoms with E-state index in [0.29, 0.717) is 27.4 Å². The zero-order valence-electron chi connectivity index (χ0n) is 21.0. The summed E-state index contributed by atoms with van der Waals surface area (Å²) in [5, 5.41) is 3.31. The molecule has 12 heteroatoms. The van der Waals surface area contributed by atoms with Crippen LogP contribution in [0, 0.1) is 0 Å². The summed E-state index contributed by atoms with van der Waals surface area (Å²) in [5.74, 6) is -1.16. The van der Waals surface area contributed by atoms with Crippen LogP contribution >= 0.6 is 11.6 Å². The Balaban J connectivity index is 2.48. The third-order valence-electron chi connectivity index (χ3n) is 5.79.